The Morgan fingerprint density at radius 1 is 1.04 bits per heavy atom. The van der Waals surface area contributed by atoms with Crippen LogP contribution >= 0.6 is 12.2 Å². The molecule has 0 aliphatic carbocycles. The molecule has 0 fully saturated rings. The van der Waals surface area contributed by atoms with Crippen molar-refractivity contribution in [1.82, 2.24) is 10.2 Å². The number of nitrogens with one attached hydrogen (secondary N) is 2. The molecular weight excluding hydrogens is 374 g/mol. The van der Waals surface area contributed by atoms with Crippen LogP contribution in [0.4, 0.5) is 5.69 Å². The van der Waals surface area contributed by atoms with Gasteiger partial charge in [-0.1, -0.05) is 6.92 Å². The highest BCUT2D eigenvalue weighted by molar-refractivity contribution is 7.80. The minimum absolute atomic E-state index is 0.0804. The maximum Gasteiger partial charge on any atom is 0.257 e. The van der Waals surface area contributed by atoms with E-state index in [2.05, 4.69) is 10.6 Å². The van der Waals surface area contributed by atoms with Crippen LogP contribution in [0.5, 0.6) is 5.75 Å². The SMILES string of the molecule is CCC(C)Oc1ccc(C(=O)NC(=S)Nc2ccc(C(=O)N(C)C)cc2)cc1. The Balaban J connectivity index is 1.92. The third-order valence-corrected chi connectivity index (χ3v) is 4.26. The van der Waals surface area contributed by atoms with E-state index in [0.717, 1.165) is 12.2 Å². The second-order valence-electron chi connectivity index (χ2n) is 6.55. The van der Waals surface area contributed by atoms with E-state index in [1.165, 1.54) is 4.90 Å². The standard InChI is InChI=1S/C21H25N3O3S/c1-5-14(2)27-18-12-8-15(9-13-18)19(25)23-21(28)22-17-10-6-16(7-11-17)20(26)24(3)4/h6-14H,5H2,1-4H3,(H2,22,23,25,28). The van der Waals surface area contributed by atoms with Gasteiger partial charge in [0.1, 0.15) is 5.75 Å². The molecule has 2 aromatic carbocycles. The Labute approximate surface area is 170 Å². The molecule has 0 heterocycles. The maximum atomic E-state index is 12.3. The molecule has 0 saturated heterocycles. The third-order valence-electron chi connectivity index (χ3n) is 4.05. The summed E-state index contributed by atoms with van der Waals surface area (Å²) < 4.78 is 5.70. The first-order valence-corrected chi connectivity index (χ1v) is 9.41. The molecule has 0 aliphatic rings. The van der Waals surface area contributed by atoms with Crippen molar-refractivity contribution in [1.29, 1.82) is 0 Å². The number of thiocarbonyl (C=S) groups is 1. The Morgan fingerprint density at radius 3 is 2.14 bits per heavy atom. The molecule has 0 aliphatic heterocycles. The summed E-state index contributed by atoms with van der Waals surface area (Å²) in [5.74, 6) is 0.328. The van der Waals surface area contributed by atoms with Crippen LogP contribution in [0.25, 0.3) is 0 Å². The number of benzene rings is 2. The molecule has 0 saturated carbocycles. The molecule has 0 spiro atoms. The Bertz CT molecular complexity index is 833. The van der Waals surface area contributed by atoms with Gasteiger partial charge in [0.2, 0.25) is 0 Å². The first-order valence-electron chi connectivity index (χ1n) is 9.01. The summed E-state index contributed by atoms with van der Waals surface area (Å²) in [5.41, 5.74) is 1.73. The molecule has 1 unspecified atom stereocenters. The van der Waals surface area contributed by atoms with E-state index in [1.54, 1.807) is 62.6 Å². The fourth-order valence-corrected chi connectivity index (χ4v) is 2.50. The molecule has 0 radical (unpaired) electrons. The Hall–Kier alpha value is -2.93. The number of rotatable bonds is 6. The summed E-state index contributed by atoms with van der Waals surface area (Å²) in [4.78, 5) is 25.7. The molecule has 2 N–H and O–H groups in total. The number of nitrogens with zero attached hydrogens (tertiary/aromatic N) is 1. The van der Waals surface area contributed by atoms with Crippen LogP contribution in [0, 0.1) is 0 Å². The molecule has 6 nitrogen and oxygen atoms in total. The molecule has 148 valence electrons. The quantitative estimate of drug-likeness (QED) is 0.725. The molecule has 2 amide bonds. The number of ether oxygens (including phenoxy) is 1. The second-order valence-corrected chi connectivity index (χ2v) is 6.95. The number of hydrogen-bond acceptors (Lipinski definition) is 4. The van der Waals surface area contributed by atoms with Crippen molar-refractivity contribution < 1.29 is 14.3 Å². The van der Waals surface area contributed by atoms with Crippen molar-refractivity contribution in [2.24, 2.45) is 0 Å². The van der Waals surface area contributed by atoms with E-state index >= 15 is 0 Å². The number of amides is 2. The van der Waals surface area contributed by atoms with Gasteiger partial charge >= 0.3 is 0 Å². The summed E-state index contributed by atoms with van der Waals surface area (Å²) in [6.07, 6.45) is 1.03. The average Bonchev–Trinajstić information content (AvgIpc) is 2.68. The molecule has 2 rings (SSSR count). The fourth-order valence-electron chi connectivity index (χ4n) is 2.29. The van der Waals surface area contributed by atoms with Gasteiger partial charge in [-0.15, -0.1) is 0 Å². The normalized spacial score (nSPS) is 11.3. The maximum absolute atomic E-state index is 12.3. The minimum Gasteiger partial charge on any atom is -0.491 e. The Kier molecular flexibility index (Phi) is 7.52. The highest BCUT2D eigenvalue weighted by atomic mass is 32.1. The van der Waals surface area contributed by atoms with Gasteiger partial charge in [-0.3, -0.25) is 14.9 Å². The predicted octanol–water partition coefficient (Wildman–Crippen LogP) is 3.69. The van der Waals surface area contributed by atoms with Gasteiger partial charge in [0.25, 0.3) is 11.8 Å². The number of carbonyl (C=O) groups is 2. The molecule has 2 aromatic rings. The fraction of sp³-hybridized carbons (Fsp3) is 0.286. The highest BCUT2D eigenvalue weighted by Gasteiger charge is 2.10. The minimum atomic E-state index is -0.313. The summed E-state index contributed by atoms with van der Waals surface area (Å²) in [7, 11) is 3.39. The van der Waals surface area contributed by atoms with Crippen LogP contribution in [0.3, 0.4) is 0 Å². The zero-order valence-corrected chi connectivity index (χ0v) is 17.3. The van der Waals surface area contributed by atoms with Crippen molar-refractivity contribution in [2.75, 3.05) is 19.4 Å². The lowest BCUT2D eigenvalue weighted by molar-refractivity contribution is 0.0827. The van der Waals surface area contributed by atoms with Crippen molar-refractivity contribution in [3.8, 4) is 5.75 Å². The lowest BCUT2D eigenvalue weighted by Crippen LogP contribution is -2.34. The van der Waals surface area contributed by atoms with Gasteiger partial charge in [0, 0.05) is 30.9 Å². The highest BCUT2D eigenvalue weighted by Crippen LogP contribution is 2.15. The van der Waals surface area contributed by atoms with Crippen LogP contribution < -0.4 is 15.4 Å². The van der Waals surface area contributed by atoms with E-state index in [9.17, 15) is 9.59 Å². The van der Waals surface area contributed by atoms with Gasteiger partial charge in [0.15, 0.2) is 5.11 Å². The van der Waals surface area contributed by atoms with E-state index in [1.807, 2.05) is 13.8 Å². The first-order chi connectivity index (χ1) is 13.3. The summed E-state index contributed by atoms with van der Waals surface area (Å²) in [6, 6.07) is 13.8. The lowest BCUT2D eigenvalue weighted by Gasteiger charge is -2.13. The molecular formula is C21H25N3O3S. The van der Waals surface area contributed by atoms with Gasteiger partial charge in [-0.25, -0.2) is 0 Å². The topological polar surface area (TPSA) is 70.7 Å². The predicted molar refractivity (Wildman–Crippen MR) is 115 cm³/mol. The largest absolute Gasteiger partial charge is 0.491 e. The van der Waals surface area contributed by atoms with Crippen molar-refractivity contribution in [2.45, 2.75) is 26.4 Å². The summed E-state index contributed by atoms with van der Waals surface area (Å²) >= 11 is 5.19. The van der Waals surface area contributed by atoms with E-state index in [-0.39, 0.29) is 23.0 Å². The van der Waals surface area contributed by atoms with Gasteiger partial charge in [0.05, 0.1) is 6.10 Å². The summed E-state index contributed by atoms with van der Waals surface area (Å²) in [6.45, 7) is 4.04. The average molecular weight is 400 g/mol. The molecule has 7 heteroatoms. The molecule has 1 atom stereocenters. The van der Waals surface area contributed by atoms with Crippen molar-refractivity contribution in [3.05, 3.63) is 59.7 Å². The Morgan fingerprint density at radius 2 is 1.61 bits per heavy atom. The van der Waals surface area contributed by atoms with Crippen LogP contribution in [0.1, 0.15) is 41.0 Å². The van der Waals surface area contributed by atoms with Gasteiger partial charge in [-0.05, 0) is 74.1 Å². The van der Waals surface area contributed by atoms with Gasteiger partial charge in [-0.2, -0.15) is 0 Å². The molecule has 0 aromatic heterocycles. The van der Waals surface area contributed by atoms with Crippen molar-refractivity contribution in [3.63, 3.8) is 0 Å². The number of anilines is 1. The number of carbonyl (C=O) groups excluding carboxylic acids is 2. The molecule has 0 bridgehead atoms. The zero-order valence-electron chi connectivity index (χ0n) is 16.5. The lowest BCUT2D eigenvalue weighted by atomic mass is 10.2. The number of hydrogen-bond donors (Lipinski definition) is 2. The third kappa shape index (κ3) is 6.06. The smallest absolute Gasteiger partial charge is 0.257 e. The van der Waals surface area contributed by atoms with Crippen molar-refractivity contribution >= 4 is 34.8 Å². The van der Waals surface area contributed by atoms with Gasteiger partial charge < -0.3 is 15.0 Å². The van der Waals surface area contributed by atoms with Crippen LogP contribution in [-0.2, 0) is 0 Å². The van der Waals surface area contributed by atoms with E-state index < -0.39 is 0 Å². The zero-order chi connectivity index (χ0) is 20.7. The second kappa shape index (κ2) is 9.85. The monoisotopic (exact) mass is 399 g/mol. The summed E-state index contributed by atoms with van der Waals surface area (Å²) in [5, 5.41) is 5.75. The van der Waals surface area contributed by atoms with Crippen LogP contribution in [0.15, 0.2) is 48.5 Å². The van der Waals surface area contributed by atoms with Crippen LogP contribution in [0.2, 0.25) is 0 Å². The van der Waals surface area contributed by atoms with E-state index in [0.29, 0.717) is 16.8 Å². The first kappa shape index (κ1) is 21.4. The van der Waals surface area contributed by atoms with Crippen LogP contribution in [-0.4, -0.2) is 42.0 Å². The van der Waals surface area contributed by atoms with E-state index in [4.69, 9.17) is 17.0 Å². The molecule has 28 heavy (non-hydrogen) atoms.